The Morgan fingerprint density at radius 1 is 1.25 bits per heavy atom. The summed E-state index contributed by atoms with van der Waals surface area (Å²) in [7, 11) is 1.68. The Balaban J connectivity index is 2.00. The van der Waals surface area contributed by atoms with Crippen molar-refractivity contribution in [1.29, 1.82) is 0 Å². The van der Waals surface area contributed by atoms with Crippen molar-refractivity contribution in [1.82, 2.24) is 4.31 Å². The van der Waals surface area contributed by atoms with E-state index in [0.29, 0.717) is 18.6 Å². The molecule has 0 aliphatic carbocycles. The number of rotatable bonds is 3. The fourth-order valence-corrected chi connectivity index (χ4v) is 2.68. The average Bonchev–Trinajstić information content (AvgIpc) is 2.33. The van der Waals surface area contributed by atoms with Gasteiger partial charge in [0.1, 0.15) is 11.5 Å². The first-order valence-corrected chi connectivity index (χ1v) is 6.14. The molecule has 0 aromatic heterocycles. The van der Waals surface area contributed by atoms with Crippen LogP contribution in [0.15, 0.2) is 29.2 Å². The van der Waals surface area contributed by atoms with Crippen LogP contribution in [-0.2, 0) is 4.79 Å². The monoisotopic (exact) mass is 237 g/mol. The lowest BCUT2D eigenvalue weighted by atomic mass is 10.1. The molecule has 0 saturated carbocycles. The Kier molecular flexibility index (Phi) is 3.85. The van der Waals surface area contributed by atoms with E-state index in [2.05, 4.69) is 4.31 Å². The lowest BCUT2D eigenvalue weighted by molar-refractivity contribution is -0.120. The number of hydrogen-bond acceptors (Lipinski definition) is 4. The van der Waals surface area contributed by atoms with Gasteiger partial charge in [0.05, 0.1) is 12.0 Å². The summed E-state index contributed by atoms with van der Waals surface area (Å²) in [4.78, 5) is 12.2. The van der Waals surface area contributed by atoms with Crippen LogP contribution in [0.2, 0.25) is 0 Å². The van der Waals surface area contributed by atoms with E-state index in [-0.39, 0.29) is 0 Å². The van der Waals surface area contributed by atoms with E-state index in [9.17, 15) is 4.79 Å². The predicted molar refractivity (Wildman–Crippen MR) is 64.7 cm³/mol. The van der Waals surface area contributed by atoms with Gasteiger partial charge in [-0.2, -0.15) is 0 Å². The second kappa shape index (κ2) is 5.37. The van der Waals surface area contributed by atoms with Crippen LogP contribution < -0.4 is 4.74 Å². The van der Waals surface area contributed by atoms with Crippen molar-refractivity contribution in [3.05, 3.63) is 24.3 Å². The third-order valence-corrected chi connectivity index (χ3v) is 3.73. The molecule has 2 rings (SSSR count). The number of piperidine rings is 1. The summed E-state index contributed by atoms with van der Waals surface area (Å²) >= 11 is 1.67. The normalized spacial score (nSPS) is 17.4. The van der Waals surface area contributed by atoms with E-state index in [4.69, 9.17) is 4.74 Å². The molecule has 3 nitrogen and oxygen atoms in total. The van der Waals surface area contributed by atoms with Crippen molar-refractivity contribution in [2.75, 3.05) is 20.2 Å². The SMILES string of the molecule is COc1ccccc1SN1CCC(=O)CC1. The maximum Gasteiger partial charge on any atom is 0.135 e. The highest BCUT2D eigenvalue weighted by Gasteiger charge is 2.18. The topological polar surface area (TPSA) is 29.5 Å². The fraction of sp³-hybridized carbons (Fsp3) is 0.417. The molecule has 0 bridgehead atoms. The highest BCUT2D eigenvalue weighted by molar-refractivity contribution is 7.97. The van der Waals surface area contributed by atoms with Crippen molar-refractivity contribution in [2.24, 2.45) is 0 Å². The maximum absolute atomic E-state index is 11.1. The van der Waals surface area contributed by atoms with Crippen molar-refractivity contribution < 1.29 is 9.53 Å². The number of carbonyl (C=O) groups is 1. The van der Waals surface area contributed by atoms with Crippen molar-refractivity contribution in [3.63, 3.8) is 0 Å². The Morgan fingerprint density at radius 2 is 1.94 bits per heavy atom. The van der Waals surface area contributed by atoms with Crippen LogP contribution >= 0.6 is 11.9 Å². The average molecular weight is 237 g/mol. The van der Waals surface area contributed by atoms with Gasteiger partial charge in [-0.25, -0.2) is 4.31 Å². The molecule has 16 heavy (non-hydrogen) atoms. The van der Waals surface area contributed by atoms with Gasteiger partial charge in [-0.05, 0) is 24.1 Å². The molecule has 1 aromatic carbocycles. The molecule has 1 saturated heterocycles. The Bertz CT molecular complexity index is 371. The van der Waals surface area contributed by atoms with Gasteiger partial charge in [0, 0.05) is 25.9 Å². The van der Waals surface area contributed by atoms with Gasteiger partial charge in [-0.3, -0.25) is 4.79 Å². The number of ketones is 1. The second-order valence-electron chi connectivity index (χ2n) is 3.71. The number of Topliss-reactive ketones (excluding diaryl/α,β-unsaturated/α-hetero) is 1. The minimum Gasteiger partial charge on any atom is -0.496 e. The lowest BCUT2D eigenvalue weighted by Crippen LogP contribution is -2.28. The molecule has 0 amide bonds. The molecule has 1 aliphatic rings. The molecule has 1 heterocycles. The van der Waals surface area contributed by atoms with E-state index in [0.717, 1.165) is 23.7 Å². The minimum absolute atomic E-state index is 0.372. The quantitative estimate of drug-likeness (QED) is 0.755. The van der Waals surface area contributed by atoms with Crippen molar-refractivity contribution in [2.45, 2.75) is 17.7 Å². The molecule has 4 heteroatoms. The maximum atomic E-state index is 11.1. The summed E-state index contributed by atoms with van der Waals surface area (Å²) in [6.45, 7) is 1.67. The van der Waals surface area contributed by atoms with E-state index < -0.39 is 0 Å². The molecule has 0 N–H and O–H groups in total. The van der Waals surface area contributed by atoms with Gasteiger partial charge in [-0.15, -0.1) is 0 Å². The molecule has 1 aromatic rings. The summed E-state index contributed by atoms with van der Waals surface area (Å²) in [5.74, 6) is 1.27. The summed E-state index contributed by atoms with van der Waals surface area (Å²) in [6.07, 6.45) is 1.34. The number of nitrogens with zero attached hydrogens (tertiary/aromatic N) is 1. The number of para-hydroxylation sites is 1. The summed E-state index contributed by atoms with van der Waals surface area (Å²) in [5, 5.41) is 0. The lowest BCUT2D eigenvalue weighted by Gasteiger charge is -2.24. The van der Waals surface area contributed by atoms with Gasteiger partial charge in [0.15, 0.2) is 0 Å². The van der Waals surface area contributed by atoms with Gasteiger partial charge < -0.3 is 4.74 Å². The molecular formula is C12H15NO2S. The summed E-state index contributed by atoms with van der Waals surface area (Å²) < 4.78 is 7.52. The summed E-state index contributed by atoms with van der Waals surface area (Å²) in [6, 6.07) is 7.96. The molecule has 86 valence electrons. The highest BCUT2D eigenvalue weighted by atomic mass is 32.2. The van der Waals surface area contributed by atoms with E-state index in [1.165, 1.54) is 0 Å². The smallest absolute Gasteiger partial charge is 0.135 e. The van der Waals surface area contributed by atoms with Crippen molar-refractivity contribution >= 4 is 17.7 Å². The standard InChI is InChI=1S/C12H15NO2S/c1-15-11-4-2-3-5-12(11)16-13-8-6-10(14)7-9-13/h2-5H,6-9H2,1H3. The van der Waals surface area contributed by atoms with Crippen LogP contribution in [0.1, 0.15) is 12.8 Å². The van der Waals surface area contributed by atoms with Crippen LogP contribution in [0, 0.1) is 0 Å². The zero-order valence-electron chi connectivity index (χ0n) is 9.31. The van der Waals surface area contributed by atoms with Gasteiger partial charge in [0.25, 0.3) is 0 Å². The zero-order valence-corrected chi connectivity index (χ0v) is 10.1. The Morgan fingerprint density at radius 3 is 2.62 bits per heavy atom. The number of carbonyl (C=O) groups excluding carboxylic acids is 1. The van der Waals surface area contributed by atoms with Gasteiger partial charge in [-0.1, -0.05) is 12.1 Å². The number of hydrogen-bond donors (Lipinski definition) is 0. The molecule has 0 radical (unpaired) electrons. The molecule has 1 fully saturated rings. The van der Waals surface area contributed by atoms with Crippen LogP contribution in [0.25, 0.3) is 0 Å². The fourth-order valence-electron chi connectivity index (χ4n) is 1.66. The van der Waals surface area contributed by atoms with Crippen LogP contribution in [0.4, 0.5) is 0 Å². The third-order valence-electron chi connectivity index (χ3n) is 2.58. The Labute approximate surface area is 99.9 Å². The molecule has 1 aliphatic heterocycles. The van der Waals surface area contributed by atoms with Gasteiger partial charge >= 0.3 is 0 Å². The molecular weight excluding hydrogens is 222 g/mol. The van der Waals surface area contributed by atoms with Crippen LogP contribution in [0.3, 0.4) is 0 Å². The highest BCUT2D eigenvalue weighted by Crippen LogP contribution is 2.32. The van der Waals surface area contributed by atoms with E-state index in [1.807, 2.05) is 24.3 Å². The minimum atomic E-state index is 0.372. The zero-order chi connectivity index (χ0) is 11.4. The van der Waals surface area contributed by atoms with Crippen LogP contribution in [0.5, 0.6) is 5.75 Å². The number of ether oxygens (including phenoxy) is 1. The largest absolute Gasteiger partial charge is 0.496 e. The van der Waals surface area contributed by atoms with Crippen LogP contribution in [-0.4, -0.2) is 30.3 Å². The van der Waals surface area contributed by atoms with Crippen molar-refractivity contribution in [3.8, 4) is 5.75 Å². The van der Waals surface area contributed by atoms with E-state index in [1.54, 1.807) is 19.1 Å². The summed E-state index contributed by atoms with van der Waals surface area (Å²) in [5.41, 5.74) is 0. The predicted octanol–water partition coefficient (Wildman–Crippen LogP) is 2.37. The first-order valence-electron chi connectivity index (χ1n) is 5.37. The van der Waals surface area contributed by atoms with E-state index >= 15 is 0 Å². The number of methoxy groups -OCH3 is 1. The molecule has 0 atom stereocenters. The second-order valence-corrected chi connectivity index (χ2v) is 4.85. The number of benzene rings is 1. The Hall–Kier alpha value is -1.00. The van der Waals surface area contributed by atoms with Gasteiger partial charge in [0.2, 0.25) is 0 Å². The molecule has 0 spiro atoms. The first kappa shape index (κ1) is 11.5. The first-order chi connectivity index (χ1) is 7.79. The third kappa shape index (κ3) is 2.77. The molecule has 0 unspecified atom stereocenters.